The average molecular weight is 437 g/mol. The van der Waals surface area contributed by atoms with Crippen LogP contribution in [0, 0.1) is 6.92 Å². The molecule has 1 aromatic heterocycles. The third-order valence-corrected chi connectivity index (χ3v) is 5.73. The Morgan fingerprint density at radius 1 is 1.13 bits per heavy atom. The minimum Gasteiger partial charge on any atom is -0.491 e. The molecule has 6 nitrogen and oxygen atoms in total. The van der Waals surface area contributed by atoms with E-state index in [-0.39, 0.29) is 12.0 Å². The van der Waals surface area contributed by atoms with Crippen molar-refractivity contribution in [2.75, 3.05) is 39.3 Å². The molecule has 0 amide bonds. The number of halogens is 2. The molecule has 172 valence electrons. The van der Waals surface area contributed by atoms with Gasteiger partial charge in [0.1, 0.15) is 24.3 Å². The third kappa shape index (κ3) is 6.48. The molecule has 0 unspecified atom stereocenters. The molecule has 0 radical (unpaired) electrons. The summed E-state index contributed by atoms with van der Waals surface area (Å²) in [6, 6.07) is 6.19. The van der Waals surface area contributed by atoms with Crippen molar-refractivity contribution in [1.29, 1.82) is 0 Å². The molecule has 0 aliphatic carbocycles. The molecule has 0 spiro atoms. The maximum Gasteiger partial charge on any atom is 0.319 e. The lowest BCUT2D eigenvalue weighted by Gasteiger charge is -2.35. The highest BCUT2D eigenvalue weighted by atomic mass is 19.3. The number of β-amino-alcohol motifs (C(OH)–C–C–N with tert-alkyl or cyclic N) is 1. The summed E-state index contributed by atoms with van der Waals surface area (Å²) in [6.07, 6.45) is 2.13. The van der Waals surface area contributed by atoms with Gasteiger partial charge in [-0.15, -0.1) is 0 Å². The maximum atomic E-state index is 13.0. The van der Waals surface area contributed by atoms with Gasteiger partial charge >= 0.3 is 6.55 Å². The van der Waals surface area contributed by atoms with E-state index in [1.165, 1.54) is 18.0 Å². The van der Waals surface area contributed by atoms with Gasteiger partial charge in [-0.2, -0.15) is 8.78 Å². The Morgan fingerprint density at radius 3 is 2.42 bits per heavy atom. The first-order valence-electron chi connectivity index (χ1n) is 10.8. The van der Waals surface area contributed by atoms with Gasteiger partial charge in [0, 0.05) is 45.1 Å². The number of alkyl halides is 2. The SMILES string of the molecule is Cc1cc(C(C)(C)C)ccc1OC[C@@H](O)CN1CCN(Cc2nccn2C(F)F)CC1. The Hall–Kier alpha value is -2.03. The number of aliphatic hydroxyl groups excluding tert-OH is 1. The first kappa shape index (κ1) is 23.6. The lowest BCUT2D eigenvalue weighted by atomic mass is 9.86. The van der Waals surface area contributed by atoms with E-state index >= 15 is 0 Å². The van der Waals surface area contributed by atoms with Crippen LogP contribution >= 0.6 is 0 Å². The number of piperazine rings is 1. The number of hydrogen-bond donors (Lipinski definition) is 1. The standard InChI is InChI=1S/C23H34F2N4O2/c1-17-13-18(23(2,3)4)5-6-20(17)31-16-19(30)14-27-9-11-28(12-10-27)15-21-26-7-8-29(21)22(24)25/h5-8,13,19,22,30H,9-12,14-16H2,1-4H3/t19-/m0/s1. The molecule has 31 heavy (non-hydrogen) atoms. The summed E-state index contributed by atoms with van der Waals surface area (Å²) in [5.41, 5.74) is 2.41. The Morgan fingerprint density at radius 2 is 1.81 bits per heavy atom. The number of benzene rings is 1. The topological polar surface area (TPSA) is 53.8 Å². The number of ether oxygens (including phenoxy) is 1. The van der Waals surface area contributed by atoms with E-state index in [1.807, 2.05) is 13.0 Å². The number of aromatic nitrogens is 2. The molecule has 0 bridgehead atoms. The van der Waals surface area contributed by atoms with Crippen molar-refractivity contribution in [3.63, 3.8) is 0 Å². The summed E-state index contributed by atoms with van der Waals surface area (Å²) >= 11 is 0. The molecule has 1 atom stereocenters. The molecule has 8 heteroatoms. The predicted molar refractivity (Wildman–Crippen MR) is 117 cm³/mol. The fourth-order valence-corrected chi connectivity index (χ4v) is 3.79. The van der Waals surface area contributed by atoms with Gasteiger partial charge in [-0.25, -0.2) is 4.98 Å². The zero-order chi connectivity index (χ0) is 22.6. The van der Waals surface area contributed by atoms with Crippen LogP contribution in [0.25, 0.3) is 0 Å². The average Bonchev–Trinajstić information content (AvgIpc) is 3.16. The molecular weight excluding hydrogens is 402 g/mol. The largest absolute Gasteiger partial charge is 0.491 e. The maximum absolute atomic E-state index is 13.0. The van der Waals surface area contributed by atoms with E-state index in [2.05, 4.69) is 47.7 Å². The van der Waals surface area contributed by atoms with Crippen molar-refractivity contribution in [1.82, 2.24) is 19.4 Å². The number of aryl methyl sites for hydroxylation is 1. The smallest absolute Gasteiger partial charge is 0.319 e. The number of imidazole rings is 1. The van der Waals surface area contributed by atoms with Crippen LogP contribution < -0.4 is 4.74 Å². The molecule has 1 aromatic carbocycles. The van der Waals surface area contributed by atoms with E-state index in [0.717, 1.165) is 42.1 Å². The van der Waals surface area contributed by atoms with E-state index in [4.69, 9.17) is 4.74 Å². The lowest BCUT2D eigenvalue weighted by Crippen LogP contribution is -2.49. The molecule has 1 aliphatic rings. The summed E-state index contributed by atoms with van der Waals surface area (Å²) in [5.74, 6) is 1.18. The van der Waals surface area contributed by atoms with E-state index in [0.29, 0.717) is 18.9 Å². The summed E-state index contributed by atoms with van der Waals surface area (Å²) < 4.78 is 32.7. The second-order valence-corrected chi connectivity index (χ2v) is 9.30. The van der Waals surface area contributed by atoms with Gasteiger partial charge < -0.3 is 9.84 Å². The van der Waals surface area contributed by atoms with E-state index in [9.17, 15) is 13.9 Å². The van der Waals surface area contributed by atoms with Gasteiger partial charge in [0.15, 0.2) is 0 Å². The van der Waals surface area contributed by atoms with Crippen LogP contribution in [0.4, 0.5) is 8.78 Å². The molecule has 1 N–H and O–H groups in total. The van der Waals surface area contributed by atoms with Crippen molar-refractivity contribution in [3.05, 3.63) is 47.5 Å². The fourth-order valence-electron chi connectivity index (χ4n) is 3.79. The highest BCUT2D eigenvalue weighted by molar-refractivity contribution is 5.38. The summed E-state index contributed by atoms with van der Waals surface area (Å²) in [4.78, 5) is 8.34. The van der Waals surface area contributed by atoms with Gasteiger partial charge in [-0.1, -0.05) is 32.9 Å². The van der Waals surface area contributed by atoms with Crippen LogP contribution in [-0.2, 0) is 12.0 Å². The predicted octanol–water partition coefficient (Wildman–Crippen LogP) is 3.44. The summed E-state index contributed by atoms with van der Waals surface area (Å²) in [6.45, 7) is 10.2. The molecule has 2 heterocycles. The van der Waals surface area contributed by atoms with Crippen LogP contribution in [0.2, 0.25) is 0 Å². The van der Waals surface area contributed by atoms with Crippen molar-refractivity contribution in [3.8, 4) is 5.75 Å². The van der Waals surface area contributed by atoms with Gasteiger partial charge in [0.25, 0.3) is 0 Å². The number of rotatable bonds is 8. The van der Waals surface area contributed by atoms with Crippen LogP contribution in [0.5, 0.6) is 5.75 Å². The lowest BCUT2D eigenvalue weighted by molar-refractivity contribution is 0.0397. The zero-order valence-electron chi connectivity index (χ0n) is 18.9. The Bertz CT molecular complexity index is 842. The molecule has 3 rings (SSSR count). The normalized spacial score (nSPS) is 17.3. The molecule has 0 saturated carbocycles. The monoisotopic (exact) mass is 436 g/mol. The zero-order valence-corrected chi connectivity index (χ0v) is 18.9. The van der Waals surface area contributed by atoms with Crippen LogP contribution in [-0.4, -0.2) is 69.9 Å². The fraction of sp³-hybridized carbons (Fsp3) is 0.609. The van der Waals surface area contributed by atoms with Gasteiger partial charge in [0.2, 0.25) is 0 Å². The van der Waals surface area contributed by atoms with Crippen molar-refractivity contribution in [2.45, 2.75) is 52.3 Å². The highest BCUT2D eigenvalue weighted by Gasteiger charge is 2.22. The summed E-state index contributed by atoms with van der Waals surface area (Å²) in [5, 5.41) is 10.4. The van der Waals surface area contributed by atoms with Crippen molar-refractivity contribution in [2.24, 2.45) is 0 Å². The van der Waals surface area contributed by atoms with Gasteiger partial charge in [-0.3, -0.25) is 14.4 Å². The van der Waals surface area contributed by atoms with E-state index in [1.54, 1.807) is 0 Å². The molecule has 2 aromatic rings. The number of hydrogen-bond acceptors (Lipinski definition) is 5. The van der Waals surface area contributed by atoms with Crippen molar-refractivity contribution >= 4 is 0 Å². The molecule has 1 saturated heterocycles. The Labute approximate surface area is 183 Å². The third-order valence-electron chi connectivity index (χ3n) is 5.73. The molecule has 1 aliphatic heterocycles. The Balaban J connectivity index is 1.42. The van der Waals surface area contributed by atoms with Gasteiger partial charge in [0.05, 0.1) is 6.54 Å². The number of aliphatic hydroxyl groups is 1. The first-order chi connectivity index (χ1) is 14.6. The quantitative estimate of drug-likeness (QED) is 0.687. The second kappa shape index (κ2) is 10.1. The second-order valence-electron chi connectivity index (χ2n) is 9.30. The first-order valence-corrected chi connectivity index (χ1v) is 10.8. The van der Waals surface area contributed by atoms with E-state index < -0.39 is 12.7 Å². The van der Waals surface area contributed by atoms with Crippen LogP contribution in [0.15, 0.2) is 30.6 Å². The van der Waals surface area contributed by atoms with Crippen LogP contribution in [0.3, 0.4) is 0 Å². The Kier molecular flexibility index (Phi) is 7.67. The van der Waals surface area contributed by atoms with Gasteiger partial charge in [-0.05, 0) is 29.5 Å². The number of nitrogens with zero attached hydrogens (tertiary/aromatic N) is 4. The minimum atomic E-state index is -2.57. The minimum absolute atomic E-state index is 0.0869. The molecule has 1 fully saturated rings. The van der Waals surface area contributed by atoms with Crippen molar-refractivity contribution < 1.29 is 18.6 Å². The molecular formula is C23H34F2N4O2. The van der Waals surface area contributed by atoms with Crippen LogP contribution in [0.1, 0.15) is 44.3 Å². The highest BCUT2D eigenvalue weighted by Crippen LogP contribution is 2.27. The summed E-state index contributed by atoms with van der Waals surface area (Å²) in [7, 11) is 0.